The van der Waals surface area contributed by atoms with Gasteiger partial charge < -0.3 is 4.85 Å². The Kier molecular flexibility index (Phi) is 2.31. The average Bonchev–Trinajstić information content (AvgIpc) is 2.57. The fourth-order valence-corrected chi connectivity index (χ4v) is 2.10. The number of rotatable bonds is 2. The molecule has 13 heavy (non-hydrogen) atoms. The van der Waals surface area contributed by atoms with E-state index in [0.717, 1.165) is 12.3 Å². The van der Waals surface area contributed by atoms with Crippen LogP contribution in [0.2, 0.25) is 0 Å². The first-order valence-corrected chi connectivity index (χ1v) is 4.80. The zero-order chi connectivity index (χ0) is 9.10. The molecule has 66 valence electrons. The maximum Gasteiger partial charge on any atom is 0.215 e. The summed E-state index contributed by atoms with van der Waals surface area (Å²) >= 11 is 0. The van der Waals surface area contributed by atoms with E-state index in [9.17, 15) is 0 Å². The molecule has 1 aromatic rings. The lowest BCUT2D eigenvalue weighted by Gasteiger charge is -2.01. The van der Waals surface area contributed by atoms with Crippen molar-refractivity contribution in [1.29, 1.82) is 0 Å². The van der Waals surface area contributed by atoms with E-state index >= 15 is 0 Å². The van der Waals surface area contributed by atoms with Gasteiger partial charge >= 0.3 is 0 Å². The highest BCUT2D eigenvalue weighted by molar-refractivity contribution is 5.31. The topological polar surface area (TPSA) is 4.36 Å². The number of nitrogens with zero attached hydrogens (tertiary/aromatic N) is 1. The third-order valence-corrected chi connectivity index (χ3v) is 2.78. The summed E-state index contributed by atoms with van der Waals surface area (Å²) < 4.78 is 0. The molecule has 0 bridgehead atoms. The average molecular weight is 171 g/mol. The van der Waals surface area contributed by atoms with Gasteiger partial charge in [-0.3, -0.25) is 0 Å². The highest BCUT2D eigenvalue weighted by atomic mass is 14.6. The van der Waals surface area contributed by atoms with E-state index < -0.39 is 0 Å². The molecule has 2 rings (SSSR count). The Balaban J connectivity index is 2.02. The summed E-state index contributed by atoms with van der Waals surface area (Å²) in [5.74, 6) is 0.728. The van der Waals surface area contributed by atoms with Gasteiger partial charge in [-0.05, 0) is 29.9 Å². The van der Waals surface area contributed by atoms with Crippen LogP contribution in [-0.4, -0.2) is 6.54 Å². The molecule has 0 aliphatic heterocycles. The Morgan fingerprint density at radius 2 is 1.85 bits per heavy atom. The Morgan fingerprint density at radius 1 is 1.23 bits per heavy atom. The summed E-state index contributed by atoms with van der Waals surface area (Å²) in [5.41, 5.74) is 3.00. The SMILES string of the molecule is [C-]#[N+]CCC1Cc2ccccc2C1. The molecule has 0 aromatic heterocycles. The molecule has 1 aromatic carbocycles. The third kappa shape index (κ3) is 1.72. The van der Waals surface area contributed by atoms with Crippen molar-refractivity contribution in [2.24, 2.45) is 5.92 Å². The number of benzene rings is 1. The lowest BCUT2D eigenvalue weighted by atomic mass is 10.0. The van der Waals surface area contributed by atoms with Crippen LogP contribution in [0.25, 0.3) is 4.85 Å². The molecule has 0 radical (unpaired) electrons. The monoisotopic (exact) mass is 171 g/mol. The molecule has 0 amide bonds. The molecular formula is C12H13N. The van der Waals surface area contributed by atoms with E-state index in [0.29, 0.717) is 6.54 Å². The molecule has 0 N–H and O–H groups in total. The van der Waals surface area contributed by atoms with Crippen LogP contribution >= 0.6 is 0 Å². The van der Waals surface area contributed by atoms with Crippen LogP contribution in [0.3, 0.4) is 0 Å². The number of hydrogen-bond donors (Lipinski definition) is 0. The molecule has 1 heteroatoms. The largest absolute Gasteiger partial charge is 0.317 e. The van der Waals surface area contributed by atoms with Crippen molar-refractivity contribution in [3.05, 3.63) is 46.8 Å². The molecule has 0 unspecified atom stereocenters. The van der Waals surface area contributed by atoms with E-state index in [1.54, 1.807) is 0 Å². The van der Waals surface area contributed by atoms with Gasteiger partial charge in [0.25, 0.3) is 0 Å². The summed E-state index contributed by atoms with van der Waals surface area (Å²) in [6, 6.07) is 8.65. The number of hydrogen-bond acceptors (Lipinski definition) is 0. The van der Waals surface area contributed by atoms with Crippen LogP contribution in [0.5, 0.6) is 0 Å². The van der Waals surface area contributed by atoms with E-state index in [2.05, 4.69) is 29.1 Å². The van der Waals surface area contributed by atoms with E-state index in [-0.39, 0.29) is 0 Å². The quantitative estimate of drug-likeness (QED) is 0.603. The Bertz CT molecular complexity index is 310. The van der Waals surface area contributed by atoms with E-state index in [1.165, 1.54) is 24.0 Å². The molecule has 0 saturated heterocycles. The first-order valence-electron chi connectivity index (χ1n) is 4.80. The minimum Gasteiger partial charge on any atom is -0.317 e. The minimum atomic E-state index is 0.693. The van der Waals surface area contributed by atoms with Crippen molar-refractivity contribution >= 4 is 0 Å². The first kappa shape index (κ1) is 8.31. The molecule has 1 nitrogen and oxygen atoms in total. The summed E-state index contributed by atoms with van der Waals surface area (Å²) in [5, 5.41) is 0. The zero-order valence-electron chi connectivity index (χ0n) is 7.66. The van der Waals surface area contributed by atoms with Crippen molar-refractivity contribution in [3.63, 3.8) is 0 Å². The zero-order valence-corrected chi connectivity index (χ0v) is 7.66. The second-order valence-electron chi connectivity index (χ2n) is 3.71. The standard InChI is InChI=1S/C12H13N/c1-13-7-6-10-8-11-4-2-3-5-12(11)9-10/h2-5,10H,6-9H2. The molecule has 1 aliphatic carbocycles. The smallest absolute Gasteiger partial charge is 0.215 e. The molecular weight excluding hydrogens is 158 g/mol. The Hall–Kier alpha value is -1.29. The molecule has 0 saturated carbocycles. The second kappa shape index (κ2) is 3.62. The van der Waals surface area contributed by atoms with Crippen LogP contribution in [0.1, 0.15) is 17.5 Å². The first-order chi connectivity index (χ1) is 6.40. The Labute approximate surface area is 79.2 Å². The van der Waals surface area contributed by atoms with Crippen LogP contribution in [-0.2, 0) is 12.8 Å². The van der Waals surface area contributed by atoms with Crippen LogP contribution in [0.4, 0.5) is 0 Å². The van der Waals surface area contributed by atoms with Crippen molar-refractivity contribution in [1.82, 2.24) is 0 Å². The summed E-state index contributed by atoms with van der Waals surface area (Å²) in [6.07, 6.45) is 3.44. The maximum absolute atomic E-state index is 6.75. The van der Waals surface area contributed by atoms with Gasteiger partial charge in [0.1, 0.15) is 0 Å². The second-order valence-corrected chi connectivity index (χ2v) is 3.71. The normalized spacial score (nSPS) is 15.3. The lowest BCUT2D eigenvalue weighted by Crippen LogP contribution is -2.00. The van der Waals surface area contributed by atoms with Gasteiger partial charge in [0.15, 0.2) is 0 Å². The highest BCUT2D eigenvalue weighted by Crippen LogP contribution is 2.28. The lowest BCUT2D eigenvalue weighted by molar-refractivity contribution is 0.536. The van der Waals surface area contributed by atoms with Gasteiger partial charge in [-0.25, -0.2) is 6.57 Å². The predicted octanol–water partition coefficient (Wildman–Crippen LogP) is 2.71. The van der Waals surface area contributed by atoms with Gasteiger partial charge in [-0.1, -0.05) is 24.3 Å². The van der Waals surface area contributed by atoms with E-state index in [4.69, 9.17) is 6.57 Å². The Morgan fingerprint density at radius 3 is 2.38 bits per heavy atom. The fraction of sp³-hybridized carbons (Fsp3) is 0.417. The third-order valence-electron chi connectivity index (χ3n) is 2.78. The maximum atomic E-state index is 6.75. The van der Waals surface area contributed by atoms with Gasteiger partial charge in [0.2, 0.25) is 6.54 Å². The van der Waals surface area contributed by atoms with Crippen molar-refractivity contribution in [3.8, 4) is 0 Å². The van der Waals surface area contributed by atoms with E-state index in [1.807, 2.05) is 0 Å². The number of fused-ring (bicyclic) bond motifs is 1. The predicted molar refractivity (Wildman–Crippen MR) is 53.4 cm³/mol. The van der Waals surface area contributed by atoms with Crippen LogP contribution < -0.4 is 0 Å². The van der Waals surface area contributed by atoms with Crippen molar-refractivity contribution in [2.45, 2.75) is 19.3 Å². The molecule has 1 aliphatic rings. The van der Waals surface area contributed by atoms with Gasteiger partial charge in [0.05, 0.1) is 0 Å². The van der Waals surface area contributed by atoms with Gasteiger partial charge in [-0.2, -0.15) is 0 Å². The summed E-state index contributed by atoms with van der Waals surface area (Å²) in [7, 11) is 0. The van der Waals surface area contributed by atoms with Gasteiger partial charge in [0, 0.05) is 6.42 Å². The minimum absolute atomic E-state index is 0.693. The van der Waals surface area contributed by atoms with Crippen molar-refractivity contribution < 1.29 is 0 Å². The highest BCUT2D eigenvalue weighted by Gasteiger charge is 2.20. The van der Waals surface area contributed by atoms with Crippen molar-refractivity contribution in [2.75, 3.05) is 6.54 Å². The fourth-order valence-electron chi connectivity index (χ4n) is 2.10. The summed E-state index contributed by atoms with van der Waals surface area (Å²) in [4.78, 5) is 3.41. The van der Waals surface area contributed by atoms with Crippen LogP contribution in [0.15, 0.2) is 24.3 Å². The molecule has 0 atom stereocenters. The molecule has 0 fully saturated rings. The summed E-state index contributed by atoms with van der Waals surface area (Å²) in [6.45, 7) is 7.45. The van der Waals surface area contributed by atoms with Crippen LogP contribution in [0, 0.1) is 12.5 Å². The molecule has 0 spiro atoms. The molecule has 0 heterocycles. The van der Waals surface area contributed by atoms with Gasteiger partial charge in [-0.15, -0.1) is 0 Å².